The number of rotatable bonds is 5. The molecule has 0 spiro atoms. The van der Waals surface area contributed by atoms with Gasteiger partial charge in [-0.3, -0.25) is 4.98 Å². The summed E-state index contributed by atoms with van der Waals surface area (Å²) in [7, 11) is -3.60. The summed E-state index contributed by atoms with van der Waals surface area (Å²) in [5.74, 6) is 0.688. The van der Waals surface area contributed by atoms with E-state index in [2.05, 4.69) is 25.6 Å². The average molecular weight is 393 g/mol. The molecule has 3 rings (SSSR count). The van der Waals surface area contributed by atoms with Gasteiger partial charge < -0.3 is 4.42 Å². The molecule has 3 aromatic rings. The van der Waals surface area contributed by atoms with Crippen molar-refractivity contribution in [1.82, 2.24) is 9.71 Å². The summed E-state index contributed by atoms with van der Waals surface area (Å²) in [6, 6.07) is 12.1. The van der Waals surface area contributed by atoms with Gasteiger partial charge in [0.05, 0.1) is 11.2 Å². The van der Waals surface area contributed by atoms with Gasteiger partial charge in [0, 0.05) is 29.0 Å². The zero-order valence-corrected chi connectivity index (χ0v) is 14.3. The van der Waals surface area contributed by atoms with Crippen molar-refractivity contribution in [1.29, 1.82) is 0 Å². The monoisotopic (exact) mass is 392 g/mol. The Balaban J connectivity index is 1.78. The van der Waals surface area contributed by atoms with Crippen LogP contribution in [0.3, 0.4) is 0 Å². The first-order valence-electron chi connectivity index (χ1n) is 6.78. The van der Waals surface area contributed by atoms with Crippen LogP contribution in [0.15, 0.2) is 74.9 Å². The van der Waals surface area contributed by atoms with E-state index in [9.17, 15) is 8.42 Å². The number of halogens is 1. The maximum absolute atomic E-state index is 12.4. The summed E-state index contributed by atoms with van der Waals surface area (Å²) in [6.45, 7) is 0.144. The fraction of sp³-hybridized carbons (Fsp3) is 0.0625. The zero-order valence-electron chi connectivity index (χ0n) is 11.9. The van der Waals surface area contributed by atoms with Crippen molar-refractivity contribution in [3.63, 3.8) is 0 Å². The van der Waals surface area contributed by atoms with E-state index in [0.29, 0.717) is 10.2 Å². The Morgan fingerprint density at radius 1 is 1.13 bits per heavy atom. The van der Waals surface area contributed by atoms with Gasteiger partial charge >= 0.3 is 0 Å². The molecule has 0 aliphatic rings. The summed E-state index contributed by atoms with van der Waals surface area (Å²) in [5, 5.41) is 0. The molecule has 0 saturated heterocycles. The normalized spacial score (nSPS) is 11.5. The number of furan rings is 1. The van der Waals surface area contributed by atoms with Gasteiger partial charge in [0.15, 0.2) is 0 Å². The molecule has 2 aromatic heterocycles. The highest BCUT2D eigenvalue weighted by Crippen LogP contribution is 2.22. The van der Waals surface area contributed by atoms with Crippen LogP contribution in [0.25, 0.3) is 11.3 Å². The first-order valence-corrected chi connectivity index (χ1v) is 9.06. The van der Waals surface area contributed by atoms with Gasteiger partial charge in [0.25, 0.3) is 0 Å². The van der Waals surface area contributed by atoms with Crippen LogP contribution >= 0.6 is 15.9 Å². The Hall–Kier alpha value is -1.96. The molecule has 0 saturated carbocycles. The molecule has 0 atom stereocenters. The molecule has 0 amide bonds. The van der Waals surface area contributed by atoms with E-state index < -0.39 is 10.0 Å². The van der Waals surface area contributed by atoms with E-state index in [4.69, 9.17) is 4.42 Å². The summed E-state index contributed by atoms with van der Waals surface area (Å²) in [5.41, 5.74) is 1.54. The predicted octanol–water partition coefficient (Wildman–Crippen LogP) is 3.58. The van der Waals surface area contributed by atoms with Crippen LogP contribution in [-0.2, 0) is 16.6 Å². The molecule has 1 aromatic carbocycles. The lowest BCUT2D eigenvalue weighted by molar-refractivity contribution is 0.580. The Kier molecular flexibility index (Phi) is 4.61. The van der Waals surface area contributed by atoms with Crippen molar-refractivity contribution >= 4 is 26.0 Å². The average Bonchev–Trinajstić information content (AvgIpc) is 3.08. The largest absolute Gasteiger partial charge is 0.464 e. The molecule has 0 aliphatic carbocycles. The van der Waals surface area contributed by atoms with Crippen molar-refractivity contribution in [3.05, 3.63) is 71.2 Å². The number of nitrogens with one attached hydrogen (secondary N) is 1. The number of pyridine rings is 1. The fourth-order valence-corrected chi connectivity index (χ4v) is 4.10. The first-order chi connectivity index (χ1) is 11.1. The smallest absolute Gasteiger partial charge is 0.241 e. The van der Waals surface area contributed by atoms with Gasteiger partial charge in [0.2, 0.25) is 10.0 Å². The Morgan fingerprint density at radius 2 is 1.96 bits per heavy atom. The molecule has 118 valence electrons. The minimum Gasteiger partial charge on any atom is -0.464 e. The molecule has 0 aliphatic heterocycles. The van der Waals surface area contributed by atoms with E-state index in [1.807, 2.05) is 12.1 Å². The Morgan fingerprint density at radius 3 is 2.70 bits per heavy atom. The number of aromatic nitrogens is 1. The number of sulfonamides is 1. The third-order valence-electron chi connectivity index (χ3n) is 3.19. The van der Waals surface area contributed by atoms with Crippen molar-refractivity contribution in [2.75, 3.05) is 0 Å². The second kappa shape index (κ2) is 6.66. The molecule has 23 heavy (non-hydrogen) atoms. The van der Waals surface area contributed by atoms with Crippen LogP contribution in [0.5, 0.6) is 0 Å². The van der Waals surface area contributed by atoms with Crippen LogP contribution < -0.4 is 4.72 Å². The van der Waals surface area contributed by atoms with Gasteiger partial charge in [-0.25, -0.2) is 13.1 Å². The van der Waals surface area contributed by atoms with Gasteiger partial charge in [-0.2, -0.15) is 0 Å². The number of hydrogen-bond acceptors (Lipinski definition) is 4. The molecule has 5 nitrogen and oxygen atoms in total. The lowest BCUT2D eigenvalue weighted by atomic mass is 10.2. The molecule has 0 bridgehead atoms. The second-order valence-corrected chi connectivity index (χ2v) is 7.40. The maximum Gasteiger partial charge on any atom is 0.241 e. The summed E-state index contributed by atoms with van der Waals surface area (Å²) < 4.78 is 33.1. The fourth-order valence-electron chi connectivity index (χ4n) is 2.08. The van der Waals surface area contributed by atoms with Crippen molar-refractivity contribution in [2.45, 2.75) is 11.4 Å². The Bertz CT molecular complexity index is 909. The van der Waals surface area contributed by atoms with E-state index in [1.165, 1.54) is 0 Å². The standard InChI is InChI=1S/C16H13BrN2O3S/c17-14-4-1-2-6-16(14)23(20,21)19-10-12-8-13(11-18-9-12)15-5-3-7-22-15/h1-9,11,19H,10H2. The van der Waals surface area contributed by atoms with Crippen molar-refractivity contribution in [2.24, 2.45) is 0 Å². The minimum atomic E-state index is -3.60. The molecule has 0 radical (unpaired) electrons. The molecule has 1 N–H and O–H groups in total. The highest BCUT2D eigenvalue weighted by molar-refractivity contribution is 9.10. The van der Waals surface area contributed by atoms with E-state index >= 15 is 0 Å². The molecular formula is C16H13BrN2O3S. The Labute approximate surface area is 142 Å². The van der Waals surface area contributed by atoms with Crippen LogP contribution in [0.4, 0.5) is 0 Å². The number of nitrogens with zero attached hydrogens (tertiary/aromatic N) is 1. The van der Waals surface area contributed by atoms with Crippen LogP contribution in [0.2, 0.25) is 0 Å². The van der Waals surface area contributed by atoms with Crippen LogP contribution in [0.1, 0.15) is 5.56 Å². The van der Waals surface area contributed by atoms with Gasteiger partial charge in [0.1, 0.15) is 5.76 Å². The highest BCUT2D eigenvalue weighted by Gasteiger charge is 2.16. The second-order valence-electron chi connectivity index (χ2n) is 4.81. The number of hydrogen-bond donors (Lipinski definition) is 1. The third kappa shape index (κ3) is 3.69. The molecule has 2 heterocycles. The summed E-state index contributed by atoms with van der Waals surface area (Å²) >= 11 is 3.25. The van der Waals surface area contributed by atoms with Crippen LogP contribution in [-0.4, -0.2) is 13.4 Å². The topological polar surface area (TPSA) is 72.2 Å². The maximum atomic E-state index is 12.4. The lowest BCUT2D eigenvalue weighted by Crippen LogP contribution is -2.23. The quantitative estimate of drug-likeness (QED) is 0.719. The number of benzene rings is 1. The van der Waals surface area contributed by atoms with E-state index in [-0.39, 0.29) is 11.4 Å². The molecule has 0 fully saturated rings. The van der Waals surface area contributed by atoms with Crippen molar-refractivity contribution in [3.8, 4) is 11.3 Å². The van der Waals surface area contributed by atoms with Crippen LogP contribution in [0, 0.1) is 0 Å². The molecule has 7 heteroatoms. The predicted molar refractivity (Wildman–Crippen MR) is 90.1 cm³/mol. The summed E-state index contributed by atoms with van der Waals surface area (Å²) in [6.07, 6.45) is 4.87. The summed E-state index contributed by atoms with van der Waals surface area (Å²) in [4.78, 5) is 4.33. The van der Waals surface area contributed by atoms with Gasteiger partial charge in [-0.05, 0) is 51.8 Å². The zero-order chi connectivity index (χ0) is 16.3. The lowest BCUT2D eigenvalue weighted by Gasteiger charge is -2.08. The minimum absolute atomic E-state index is 0.144. The van der Waals surface area contributed by atoms with Gasteiger partial charge in [-0.1, -0.05) is 12.1 Å². The SMILES string of the molecule is O=S(=O)(NCc1cncc(-c2ccco2)c1)c1ccccc1Br. The van der Waals surface area contributed by atoms with E-state index in [0.717, 1.165) is 11.1 Å². The van der Waals surface area contributed by atoms with Crippen molar-refractivity contribution < 1.29 is 12.8 Å². The highest BCUT2D eigenvalue weighted by atomic mass is 79.9. The first kappa shape index (κ1) is 15.9. The molecule has 0 unspecified atom stereocenters. The third-order valence-corrected chi connectivity index (χ3v) is 5.61. The molecular weight excluding hydrogens is 380 g/mol. The van der Waals surface area contributed by atoms with Gasteiger partial charge in [-0.15, -0.1) is 0 Å². The van der Waals surface area contributed by atoms with E-state index in [1.54, 1.807) is 49.0 Å².